The molecule has 0 atom stereocenters. The topological polar surface area (TPSA) is 72.7 Å². The zero-order valence-corrected chi connectivity index (χ0v) is 22.6. The maximum absolute atomic E-state index is 5.95. The summed E-state index contributed by atoms with van der Waals surface area (Å²) in [4.78, 5) is 8.87. The lowest BCUT2D eigenvalue weighted by atomic mass is 10.1. The first-order valence-electron chi connectivity index (χ1n) is 11.5. The van der Waals surface area contributed by atoms with E-state index in [0.717, 1.165) is 35.7 Å². The van der Waals surface area contributed by atoms with Gasteiger partial charge in [-0.15, -0.1) is 24.0 Å². The number of aromatic nitrogens is 2. The van der Waals surface area contributed by atoms with Crippen LogP contribution in [0, 0.1) is 6.92 Å². The fraction of sp³-hybridized carbons (Fsp3) is 0.385. The van der Waals surface area contributed by atoms with Crippen LogP contribution in [-0.4, -0.2) is 42.4 Å². The highest BCUT2D eigenvalue weighted by atomic mass is 127. The summed E-state index contributed by atoms with van der Waals surface area (Å²) < 4.78 is 13.5. The molecule has 2 N–H and O–H groups in total. The van der Waals surface area contributed by atoms with Crippen LogP contribution in [0.25, 0.3) is 0 Å². The molecule has 0 radical (unpaired) electrons. The van der Waals surface area contributed by atoms with E-state index in [2.05, 4.69) is 74.6 Å². The Balaban J connectivity index is 0.00000408. The third kappa shape index (κ3) is 8.98. The molecule has 1 aromatic heterocycles. The molecule has 0 spiro atoms. The second-order valence-electron chi connectivity index (χ2n) is 7.71. The molecule has 7 nitrogen and oxygen atoms in total. The van der Waals surface area contributed by atoms with Crippen molar-refractivity contribution in [2.75, 3.05) is 26.9 Å². The van der Waals surface area contributed by atoms with E-state index in [1.165, 1.54) is 5.56 Å². The predicted molar refractivity (Wildman–Crippen MR) is 148 cm³/mol. The summed E-state index contributed by atoms with van der Waals surface area (Å²) in [6.45, 7) is 7.93. The van der Waals surface area contributed by atoms with Gasteiger partial charge in [-0.3, -0.25) is 4.99 Å². The quantitative estimate of drug-likeness (QED) is 0.145. The number of rotatable bonds is 12. The summed E-state index contributed by atoms with van der Waals surface area (Å²) in [5.74, 6) is 2.56. The Labute approximate surface area is 220 Å². The zero-order valence-electron chi connectivity index (χ0n) is 20.3. The fourth-order valence-corrected chi connectivity index (χ4v) is 3.46. The first kappa shape index (κ1) is 27.7. The Hall–Kier alpha value is -2.59. The second-order valence-corrected chi connectivity index (χ2v) is 7.71. The van der Waals surface area contributed by atoms with Crippen molar-refractivity contribution in [3.63, 3.8) is 0 Å². The number of ether oxygens (including phenoxy) is 2. The molecule has 0 saturated heterocycles. The van der Waals surface area contributed by atoms with E-state index < -0.39 is 0 Å². The molecule has 2 aromatic carbocycles. The van der Waals surface area contributed by atoms with E-state index in [0.29, 0.717) is 38.9 Å². The van der Waals surface area contributed by atoms with E-state index in [4.69, 9.17) is 9.47 Å². The molecule has 184 valence electrons. The van der Waals surface area contributed by atoms with Crippen LogP contribution >= 0.6 is 24.0 Å². The summed E-state index contributed by atoms with van der Waals surface area (Å²) in [6, 6.07) is 16.7. The molecule has 3 aromatic rings. The Morgan fingerprint density at radius 1 is 1.06 bits per heavy atom. The molecular weight excluding hydrogens is 541 g/mol. The summed E-state index contributed by atoms with van der Waals surface area (Å²) in [5, 5.41) is 6.74. The van der Waals surface area contributed by atoms with Gasteiger partial charge in [0, 0.05) is 44.7 Å². The fourth-order valence-electron chi connectivity index (χ4n) is 3.46. The Morgan fingerprint density at radius 3 is 2.62 bits per heavy atom. The maximum atomic E-state index is 5.95. The van der Waals surface area contributed by atoms with E-state index in [-0.39, 0.29) is 24.0 Å². The van der Waals surface area contributed by atoms with Crippen LogP contribution in [0.1, 0.15) is 29.4 Å². The van der Waals surface area contributed by atoms with Crippen LogP contribution in [0.5, 0.6) is 5.75 Å². The van der Waals surface area contributed by atoms with Gasteiger partial charge in [0.05, 0.1) is 13.2 Å². The predicted octanol–water partition coefficient (Wildman–Crippen LogP) is 4.33. The average molecular weight is 578 g/mol. The van der Waals surface area contributed by atoms with E-state index in [9.17, 15) is 0 Å². The number of hydrogen-bond donors (Lipinski definition) is 2. The molecule has 0 aliphatic rings. The van der Waals surface area contributed by atoms with Crippen LogP contribution < -0.4 is 15.4 Å². The molecule has 0 aliphatic carbocycles. The number of nitrogens with one attached hydrogen (secondary N) is 2. The molecule has 1 heterocycles. The number of benzene rings is 2. The van der Waals surface area contributed by atoms with E-state index >= 15 is 0 Å². The van der Waals surface area contributed by atoms with Crippen molar-refractivity contribution >= 4 is 29.9 Å². The average Bonchev–Trinajstić information content (AvgIpc) is 3.29. The highest BCUT2D eigenvalue weighted by molar-refractivity contribution is 14.0. The third-order valence-corrected chi connectivity index (χ3v) is 5.28. The Morgan fingerprint density at radius 2 is 1.85 bits per heavy atom. The largest absolute Gasteiger partial charge is 0.491 e. The van der Waals surface area contributed by atoms with E-state index in [1.807, 2.05) is 25.4 Å². The molecule has 8 heteroatoms. The monoisotopic (exact) mass is 577 g/mol. The molecule has 0 unspecified atom stereocenters. The van der Waals surface area contributed by atoms with Crippen molar-refractivity contribution in [1.82, 2.24) is 20.2 Å². The molecule has 0 saturated carbocycles. The number of nitrogens with zero attached hydrogens (tertiary/aromatic N) is 3. The minimum atomic E-state index is 0. The van der Waals surface area contributed by atoms with Crippen molar-refractivity contribution in [2.24, 2.45) is 4.99 Å². The number of aliphatic imine (C=N–C) groups is 1. The first-order valence-corrected chi connectivity index (χ1v) is 11.5. The summed E-state index contributed by atoms with van der Waals surface area (Å²) >= 11 is 0. The standard InChI is InChI=1S/C26H35N5O2.HI/c1-4-32-16-17-33-24-18-21(2)10-11-23(24)19-29-26(27-3)30-20-25-28-13-15-31(25)14-12-22-8-6-5-7-9-22;/h5-11,13,15,18H,4,12,14,16-17,19-20H2,1-3H3,(H2,27,29,30);1H. The lowest BCUT2D eigenvalue weighted by molar-refractivity contribution is 0.110. The maximum Gasteiger partial charge on any atom is 0.191 e. The number of guanidine groups is 1. The minimum absolute atomic E-state index is 0. The number of aryl methyl sites for hydroxylation is 3. The van der Waals surface area contributed by atoms with Crippen molar-refractivity contribution < 1.29 is 9.47 Å². The lowest BCUT2D eigenvalue weighted by Crippen LogP contribution is -2.37. The van der Waals surface area contributed by atoms with Gasteiger partial charge < -0.3 is 24.7 Å². The van der Waals surface area contributed by atoms with Crippen LogP contribution in [0.2, 0.25) is 0 Å². The minimum Gasteiger partial charge on any atom is -0.491 e. The normalized spacial score (nSPS) is 11.1. The number of imidazole rings is 1. The SMILES string of the molecule is CCOCCOc1cc(C)ccc1CNC(=NC)NCc1nccn1CCc1ccccc1.I. The van der Waals surface area contributed by atoms with E-state index in [1.54, 1.807) is 7.05 Å². The van der Waals surface area contributed by atoms with Crippen molar-refractivity contribution in [3.8, 4) is 5.75 Å². The molecular formula is C26H36IN5O2. The molecule has 34 heavy (non-hydrogen) atoms. The molecule has 0 amide bonds. The van der Waals surface area contributed by atoms with Crippen LogP contribution in [0.15, 0.2) is 65.9 Å². The van der Waals surface area contributed by atoms with Gasteiger partial charge in [-0.1, -0.05) is 42.5 Å². The molecule has 0 aliphatic heterocycles. The highest BCUT2D eigenvalue weighted by Gasteiger charge is 2.08. The lowest BCUT2D eigenvalue weighted by Gasteiger charge is -2.16. The molecule has 0 bridgehead atoms. The first-order chi connectivity index (χ1) is 16.2. The molecule has 0 fully saturated rings. The van der Waals surface area contributed by atoms with Crippen LogP contribution in [0.4, 0.5) is 0 Å². The molecule has 3 rings (SSSR count). The zero-order chi connectivity index (χ0) is 23.3. The number of hydrogen-bond acceptors (Lipinski definition) is 4. The summed E-state index contributed by atoms with van der Waals surface area (Å²) in [6.07, 6.45) is 4.83. The van der Waals surface area contributed by atoms with Crippen molar-refractivity contribution in [3.05, 3.63) is 83.4 Å². The Bertz CT molecular complexity index is 1010. The Kier molecular flexibility index (Phi) is 12.5. The summed E-state index contributed by atoms with van der Waals surface area (Å²) in [5.41, 5.74) is 3.55. The third-order valence-electron chi connectivity index (χ3n) is 5.28. The highest BCUT2D eigenvalue weighted by Crippen LogP contribution is 2.20. The van der Waals surface area contributed by atoms with Gasteiger partial charge in [-0.25, -0.2) is 4.98 Å². The van der Waals surface area contributed by atoms with Gasteiger partial charge in [0.2, 0.25) is 0 Å². The van der Waals surface area contributed by atoms with Gasteiger partial charge in [0.1, 0.15) is 18.2 Å². The van der Waals surface area contributed by atoms with Crippen molar-refractivity contribution in [1.29, 1.82) is 0 Å². The van der Waals surface area contributed by atoms with Gasteiger partial charge in [0.25, 0.3) is 0 Å². The van der Waals surface area contributed by atoms with Crippen molar-refractivity contribution in [2.45, 2.75) is 39.9 Å². The van der Waals surface area contributed by atoms with Gasteiger partial charge in [-0.05, 0) is 37.5 Å². The second kappa shape index (κ2) is 15.3. The smallest absolute Gasteiger partial charge is 0.191 e. The van der Waals surface area contributed by atoms with Gasteiger partial charge in [-0.2, -0.15) is 0 Å². The van der Waals surface area contributed by atoms with Crippen LogP contribution in [-0.2, 0) is 30.8 Å². The summed E-state index contributed by atoms with van der Waals surface area (Å²) in [7, 11) is 1.77. The van der Waals surface area contributed by atoms with Crippen LogP contribution in [0.3, 0.4) is 0 Å². The number of halogens is 1. The van der Waals surface area contributed by atoms with Gasteiger partial charge in [0.15, 0.2) is 5.96 Å². The van der Waals surface area contributed by atoms with Gasteiger partial charge >= 0.3 is 0 Å².